The Hall–Kier alpha value is -3.02. The van der Waals surface area contributed by atoms with Gasteiger partial charge in [-0.1, -0.05) is 49.7 Å². The van der Waals surface area contributed by atoms with Crippen molar-refractivity contribution in [1.29, 1.82) is 0 Å². The van der Waals surface area contributed by atoms with E-state index in [1.165, 1.54) is 12.1 Å². The fraction of sp³-hybridized carbons (Fsp3) is 0.300. The van der Waals surface area contributed by atoms with Gasteiger partial charge in [0.1, 0.15) is 0 Å². The van der Waals surface area contributed by atoms with E-state index in [0.29, 0.717) is 0 Å². The molecule has 2 rings (SSSR count). The molecule has 26 heavy (non-hydrogen) atoms. The fourth-order valence-corrected chi connectivity index (χ4v) is 2.39. The maximum absolute atomic E-state index is 11.4. The van der Waals surface area contributed by atoms with E-state index >= 15 is 0 Å². The van der Waals surface area contributed by atoms with E-state index in [9.17, 15) is 14.9 Å². The van der Waals surface area contributed by atoms with E-state index < -0.39 is 4.92 Å². The predicted octanol–water partition coefficient (Wildman–Crippen LogP) is 5.11. The van der Waals surface area contributed by atoms with Gasteiger partial charge in [0.05, 0.1) is 10.6 Å². The second kappa shape index (κ2) is 9.46. The first-order valence-electron chi connectivity index (χ1n) is 8.67. The zero-order valence-corrected chi connectivity index (χ0v) is 15.0. The first-order chi connectivity index (χ1) is 12.5. The molecular formula is C20H22N2O4. The molecule has 136 valence electrons. The minimum atomic E-state index is -0.416. The Kier molecular flexibility index (Phi) is 7.02. The van der Waals surface area contributed by atoms with Gasteiger partial charge >= 0.3 is 5.97 Å². The van der Waals surface area contributed by atoms with Crippen molar-refractivity contribution in [3.05, 3.63) is 64.2 Å². The summed E-state index contributed by atoms with van der Waals surface area (Å²) in [7, 11) is 0. The summed E-state index contributed by atoms with van der Waals surface area (Å²) in [5.41, 5.74) is 3.55. The topological polar surface area (TPSA) is 81.8 Å². The van der Waals surface area contributed by atoms with Crippen molar-refractivity contribution >= 4 is 17.4 Å². The van der Waals surface area contributed by atoms with Crippen LogP contribution in [0.3, 0.4) is 0 Å². The molecule has 0 aliphatic carbocycles. The number of benzene rings is 2. The van der Waals surface area contributed by atoms with Crippen LogP contribution in [0.1, 0.15) is 45.1 Å². The number of hydrogen-bond donors (Lipinski definition) is 0. The lowest BCUT2D eigenvalue weighted by Gasteiger charge is -2.07. The van der Waals surface area contributed by atoms with Crippen LogP contribution in [-0.2, 0) is 9.63 Å². The lowest BCUT2D eigenvalue weighted by molar-refractivity contribution is -0.384. The third-order valence-electron chi connectivity index (χ3n) is 3.94. The van der Waals surface area contributed by atoms with Crippen LogP contribution in [0, 0.1) is 10.1 Å². The Labute approximate surface area is 152 Å². The molecule has 0 amide bonds. The smallest absolute Gasteiger partial charge is 0.318 e. The molecule has 0 saturated heterocycles. The first kappa shape index (κ1) is 19.3. The van der Waals surface area contributed by atoms with Gasteiger partial charge in [-0.2, -0.15) is 0 Å². The zero-order chi connectivity index (χ0) is 18.9. The monoisotopic (exact) mass is 354 g/mol. The number of nitro benzene ring substituents is 1. The summed E-state index contributed by atoms with van der Waals surface area (Å²) in [6.45, 7) is 3.82. The summed E-state index contributed by atoms with van der Waals surface area (Å²) in [5, 5.41) is 14.8. The van der Waals surface area contributed by atoms with Gasteiger partial charge in [0, 0.05) is 18.6 Å². The Morgan fingerprint density at radius 3 is 2.12 bits per heavy atom. The summed E-state index contributed by atoms with van der Waals surface area (Å²) in [5.74, 6) is -0.360. The second-order valence-corrected chi connectivity index (χ2v) is 5.84. The van der Waals surface area contributed by atoms with E-state index in [4.69, 9.17) is 4.84 Å². The lowest BCUT2D eigenvalue weighted by Crippen LogP contribution is -2.05. The summed E-state index contributed by atoms with van der Waals surface area (Å²) < 4.78 is 0. The number of unbranched alkanes of at least 4 members (excludes halogenated alkanes) is 1. The Morgan fingerprint density at radius 2 is 1.62 bits per heavy atom. The Bertz CT molecular complexity index is 780. The van der Waals surface area contributed by atoms with Gasteiger partial charge in [-0.15, -0.1) is 0 Å². The highest BCUT2D eigenvalue weighted by Crippen LogP contribution is 2.23. The van der Waals surface area contributed by atoms with E-state index in [1.54, 1.807) is 19.1 Å². The molecule has 0 radical (unpaired) electrons. The molecule has 0 N–H and O–H groups in total. The van der Waals surface area contributed by atoms with E-state index in [2.05, 4.69) is 12.1 Å². The van der Waals surface area contributed by atoms with Crippen LogP contribution < -0.4 is 0 Å². The van der Waals surface area contributed by atoms with Crippen LogP contribution in [0.25, 0.3) is 11.1 Å². The maximum Gasteiger partial charge on any atom is 0.334 e. The average molecular weight is 354 g/mol. The fourth-order valence-electron chi connectivity index (χ4n) is 2.39. The van der Waals surface area contributed by atoms with Gasteiger partial charge in [0.25, 0.3) is 5.69 Å². The number of nitrogens with zero attached hydrogens (tertiary/aromatic N) is 2. The number of non-ortho nitro benzene ring substituents is 1. The van der Waals surface area contributed by atoms with Gasteiger partial charge < -0.3 is 4.84 Å². The summed E-state index contributed by atoms with van der Waals surface area (Å²) in [4.78, 5) is 26.6. The molecule has 0 aliphatic heterocycles. The van der Waals surface area contributed by atoms with Crippen molar-refractivity contribution in [2.75, 3.05) is 0 Å². The van der Waals surface area contributed by atoms with Crippen LogP contribution >= 0.6 is 0 Å². The molecule has 0 saturated carbocycles. The van der Waals surface area contributed by atoms with Crippen molar-refractivity contribution < 1.29 is 14.6 Å². The number of carbonyl (C=O) groups excluding carboxylic acids is 1. The number of rotatable bonds is 8. The van der Waals surface area contributed by atoms with Gasteiger partial charge in [0.15, 0.2) is 0 Å². The molecule has 0 aliphatic rings. The van der Waals surface area contributed by atoms with Crippen molar-refractivity contribution in [2.24, 2.45) is 5.16 Å². The number of oxime groups is 1. The molecule has 0 fully saturated rings. The normalized spacial score (nSPS) is 11.2. The predicted molar refractivity (Wildman–Crippen MR) is 101 cm³/mol. The van der Waals surface area contributed by atoms with Gasteiger partial charge in [-0.05, 0) is 41.7 Å². The van der Waals surface area contributed by atoms with Gasteiger partial charge in [-0.25, -0.2) is 4.79 Å². The van der Waals surface area contributed by atoms with Crippen molar-refractivity contribution in [3.63, 3.8) is 0 Å². The molecule has 6 heteroatoms. The van der Waals surface area contributed by atoms with Gasteiger partial charge in [0.2, 0.25) is 0 Å². The molecule has 0 unspecified atom stereocenters. The minimum Gasteiger partial charge on any atom is -0.318 e. The highest BCUT2D eigenvalue weighted by Gasteiger charge is 2.08. The van der Waals surface area contributed by atoms with Crippen LogP contribution in [-0.4, -0.2) is 16.6 Å². The van der Waals surface area contributed by atoms with Crippen LogP contribution in [0.15, 0.2) is 53.7 Å². The summed E-state index contributed by atoms with van der Waals surface area (Å²) in [6, 6.07) is 14.1. The molecule has 2 aromatic carbocycles. The third-order valence-corrected chi connectivity index (χ3v) is 3.94. The third kappa shape index (κ3) is 5.24. The molecule has 0 atom stereocenters. The van der Waals surface area contributed by atoms with Crippen LogP contribution in [0.2, 0.25) is 0 Å². The van der Waals surface area contributed by atoms with Crippen LogP contribution in [0.5, 0.6) is 0 Å². The molecule has 2 aromatic rings. The number of hydrogen-bond acceptors (Lipinski definition) is 5. The lowest BCUT2D eigenvalue weighted by atomic mass is 10.00. The van der Waals surface area contributed by atoms with Crippen molar-refractivity contribution in [3.8, 4) is 11.1 Å². The highest BCUT2D eigenvalue weighted by molar-refractivity contribution is 6.00. The zero-order valence-electron chi connectivity index (χ0n) is 15.0. The Morgan fingerprint density at radius 1 is 1.04 bits per heavy atom. The second-order valence-electron chi connectivity index (χ2n) is 5.84. The largest absolute Gasteiger partial charge is 0.334 e. The Balaban J connectivity index is 2.21. The summed E-state index contributed by atoms with van der Waals surface area (Å²) in [6.07, 6.45) is 2.97. The SMILES string of the molecule is CCCCC(=NOC(=O)CC)c1ccc(-c2ccc([N+](=O)[O-])cc2)cc1. The minimum absolute atomic E-state index is 0.0668. The number of carbonyl (C=O) groups is 1. The van der Waals surface area contributed by atoms with Gasteiger partial charge in [-0.3, -0.25) is 10.1 Å². The van der Waals surface area contributed by atoms with Crippen molar-refractivity contribution in [2.45, 2.75) is 39.5 Å². The molecule has 6 nitrogen and oxygen atoms in total. The average Bonchev–Trinajstić information content (AvgIpc) is 2.68. The molecule has 0 spiro atoms. The summed E-state index contributed by atoms with van der Waals surface area (Å²) >= 11 is 0. The van der Waals surface area contributed by atoms with Crippen molar-refractivity contribution in [1.82, 2.24) is 0 Å². The van der Waals surface area contributed by atoms with E-state index in [0.717, 1.165) is 41.7 Å². The highest BCUT2D eigenvalue weighted by atomic mass is 16.7. The first-order valence-corrected chi connectivity index (χ1v) is 8.67. The number of nitro groups is 1. The standard InChI is InChI=1S/C20H22N2O4/c1-3-5-6-19(21-26-20(23)4-2)17-9-7-15(8-10-17)16-11-13-18(14-12-16)22(24)25/h7-14H,3-6H2,1-2H3. The quantitative estimate of drug-likeness (QED) is 0.285. The molecule has 0 heterocycles. The molecular weight excluding hydrogens is 332 g/mol. The van der Waals surface area contributed by atoms with Crippen LogP contribution in [0.4, 0.5) is 5.69 Å². The molecule has 0 bridgehead atoms. The maximum atomic E-state index is 11.4. The molecule has 0 aromatic heterocycles. The van der Waals surface area contributed by atoms with E-state index in [-0.39, 0.29) is 18.1 Å². The van der Waals surface area contributed by atoms with E-state index in [1.807, 2.05) is 24.3 Å².